The summed E-state index contributed by atoms with van der Waals surface area (Å²) >= 11 is 0. The van der Waals surface area contributed by atoms with Crippen LogP contribution in [0.25, 0.3) is 39.0 Å². The van der Waals surface area contributed by atoms with E-state index in [0.29, 0.717) is 51.3 Å². The number of aliphatic hydroxyl groups excluding tert-OH is 4. The number of benzene rings is 2. The molecular formula is C106H99N21O8+6. The van der Waals surface area contributed by atoms with Gasteiger partial charge in [0.15, 0.2) is 61.7 Å². The molecule has 10 aliphatic heterocycles. The fraction of sp³-hybridized carbons (Fsp3) is 0.160. The summed E-state index contributed by atoms with van der Waals surface area (Å²) in [7, 11) is 11.9. The number of allylic oxidation sites excluding steroid dienone is 23. The van der Waals surface area contributed by atoms with Crippen molar-refractivity contribution in [1.82, 2.24) is 19.8 Å². The van der Waals surface area contributed by atoms with E-state index in [0.717, 1.165) is 140 Å². The molecule has 0 fully saturated rings. The fourth-order valence-electron chi connectivity index (χ4n) is 16.8. The van der Waals surface area contributed by atoms with Crippen LogP contribution in [0.15, 0.2) is 389 Å². The number of aliphatic imine (C=N–C) groups is 9. The first-order valence-corrected chi connectivity index (χ1v) is 44.2. The summed E-state index contributed by atoms with van der Waals surface area (Å²) in [6, 6.07) is 34.5. The smallest absolute Gasteiger partial charge is 0.358 e. The zero-order valence-corrected chi connectivity index (χ0v) is 75.4. The van der Waals surface area contributed by atoms with Gasteiger partial charge in [-0.05, 0) is 217 Å². The molecule has 0 radical (unpaired) electrons. The Morgan fingerprint density at radius 2 is 0.681 bits per heavy atom. The van der Waals surface area contributed by atoms with Gasteiger partial charge in [-0.3, -0.25) is 9.59 Å². The third-order valence-electron chi connectivity index (χ3n) is 23.9. The highest BCUT2D eigenvalue weighted by Crippen LogP contribution is 2.43. The normalized spacial score (nSPS) is 17.8. The van der Waals surface area contributed by atoms with Gasteiger partial charge >= 0.3 is 11.9 Å². The maximum Gasteiger partial charge on any atom is 0.358 e. The Morgan fingerprint density at radius 3 is 1.04 bits per heavy atom. The van der Waals surface area contributed by atoms with Gasteiger partial charge < -0.3 is 61.7 Å². The first-order valence-electron chi connectivity index (χ1n) is 44.2. The molecule has 135 heavy (non-hydrogen) atoms. The van der Waals surface area contributed by atoms with Gasteiger partial charge in [0.2, 0.25) is 36.1 Å². The van der Waals surface area contributed by atoms with Crippen LogP contribution in [0, 0.1) is 0 Å². The highest BCUT2D eigenvalue weighted by atomic mass is 16.4. The number of nitrogens with zero attached hydrogens (tertiary/aromatic N) is 15. The number of fused-ring (bicyclic) bond motifs is 10. The first kappa shape index (κ1) is 88.4. The molecule has 29 nitrogen and oxygen atoms in total. The van der Waals surface area contributed by atoms with Crippen LogP contribution in [0.1, 0.15) is 95.7 Å². The third kappa shape index (κ3) is 19.4. The number of aromatic amines is 2. The van der Waals surface area contributed by atoms with E-state index in [4.69, 9.17) is 30.0 Å². The number of hydrogen-bond acceptors (Lipinski definition) is 14. The van der Waals surface area contributed by atoms with Crippen molar-refractivity contribution in [3.63, 3.8) is 0 Å². The van der Waals surface area contributed by atoms with Crippen molar-refractivity contribution in [2.75, 3.05) is 31.3 Å². The Morgan fingerprint density at radius 1 is 0.378 bits per heavy atom. The van der Waals surface area contributed by atoms with Crippen LogP contribution in [0.2, 0.25) is 0 Å². The van der Waals surface area contributed by atoms with Gasteiger partial charge in [0, 0.05) is 179 Å². The quantitative estimate of drug-likeness (QED) is 0.0163. The van der Waals surface area contributed by atoms with Gasteiger partial charge in [-0.25, -0.2) is 73.0 Å². The summed E-state index contributed by atoms with van der Waals surface area (Å²) in [5, 5.41) is 61.4. The minimum absolute atomic E-state index is 0.162. The van der Waals surface area contributed by atoms with E-state index in [2.05, 4.69) is 125 Å². The molecule has 29 heteroatoms. The number of aliphatic hydroxyl groups is 4. The molecular weight excluding hydrogens is 1700 g/mol. The Labute approximate surface area is 778 Å². The second-order valence-corrected chi connectivity index (χ2v) is 33.9. The number of H-pyrrole nitrogens is 2. The maximum absolute atomic E-state index is 14.1. The lowest BCUT2D eigenvalue weighted by Gasteiger charge is -2.16. The van der Waals surface area contributed by atoms with E-state index in [9.17, 15) is 39.9 Å². The zero-order valence-electron chi connectivity index (χ0n) is 75.4. The van der Waals surface area contributed by atoms with E-state index < -0.39 is 72.1 Å². The number of aryl methyl sites for hydroxylation is 4. The standard InChI is InChI=1S/C106H93N21O8/c1-62(107)103(131)121-90(33-35-92(128)110-72-13-9-64(10-14-72)95-74-17-21-78(112-74)97(66-37-49-122(3)50-38-66)82-25-29-86(116-82)101(70-45-57-126(7)58-46-70)87-30-26-83(117-87)98(79-22-18-75(95)113-79)67-39-51-123(4)52-40-67)104(132)108-61-94(130)120-91(105(133)109-63(2)106(134)135)34-36-93(129)111-73-15-11-65(12-16-73)96-76-19-23-80(114-76)99(68-41-53-124(5)54-42-68)84-27-31-88(118-84)102(71-47-59-127(8)60-48-71)89-32-28-85(119-89)100(81-24-20-77(96)115-81)69-43-55-125(6)56-44-69/h9-32,37-60,62-63,90-91H,33-36,61,107H2,1-8H3,(H5-4,108,109,110,111,112,113,114,115,116,117,118,119,120,121,128,129,130,131,132,133,134,135)/p+6/t62-,63-,90-,91-/m0/s1. The van der Waals surface area contributed by atoms with Gasteiger partial charge in [-0.1, -0.05) is 24.3 Å². The van der Waals surface area contributed by atoms with E-state index in [1.54, 1.807) is 31.2 Å². The number of aliphatic carboxylic acids is 1. The van der Waals surface area contributed by atoms with Crippen LogP contribution in [0.3, 0.4) is 0 Å². The van der Waals surface area contributed by atoms with Crippen LogP contribution >= 0.6 is 0 Å². The molecule has 8 aromatic rings. The average Bonchev–Trinajstić information content (AvgIpc) is 1.62. The molecule has 0 spiro atoms. The highest BCUT2D eigenvalue weighted by molar-refractivity contribution is 6.39. The van der Waals surface area contributed by atoms with Crippen molar-refractivity contribution in [3.05, 3.63) is 400 Å². The van der Waals surface area contributed by atoms with Gasteiger partial charge in [0.05, 0.1) is 68.5 Å². The summed E-state index contributed by atoms with van der Waals surface area (Å²) in [5.41, 5.74) is 30.2. The highest BCUT2D eigenvalue weighted by Gasteiger charge is 2.34. The number of hydrogen-bond donors (Lipinski definition) is 11. The molecule has 4 atom stereocenters. The summed E-state index contributed by atoms with van der Waals surface area (Å²) < 4.78 is 7.94. The molecule has 13 N–H and O–H groups in total. The zero-order chi connectivity index (χ0) is 93.8. The van der Waals surface area contributed by atoms with E-state index >= 15 is 0 Å². The van der Waals surface area contributed by atoms with Crippen molar-refractivity contribution in [2.24, 2.45) is 73.1 Å². The average molecular weight is 1800 g/mol. The summed E-state index contributed by atoms with van der Waals surface area (Å²) in [5.74, 6) is -4.82. The minimum Gasteiger partial charge on any atom is -0.495 e. The molecule has 16 heterocycles. The molecule has 0 unspecified atom stereocenters. The number of nitrogens with one attached hydrogen (secondary N) is 5. The molecule has 18 rings (SSSR count). The monoisotopic (exact) mass is 1790 g/mol. The van der Waals surface area contributed by atoms with Crippen molar-refractivity contribution in [2.45, 2.75) is 63.7 Å². The van der Waals surface area contributed by atoms with Crippen molar-refractivity contribution in [3.8, 4) is 0 Å². The first-order chi connectivity index (χ1) is 65.3. The van der Waals surface area contributed by atoms with Crippen LogP contribution in [-0.2, 0) is 42.6 Å². The molecule has 2 aromatic carbocycles. The lowest BCUT2D eigenvalue weighted by Crippen LogP contribution is -2.77. The van der Waals surface area contributed by atoms with E-state index in [-0.39, 0.29) is 25.7 Å². The number of carboxylic acids is 1. The number of rotatable bonds is 23. The molecule has 10 aliphatic rings. The van der Waals surface area contributed by atoms with Crippen LogP contribution in [0.5, 0.6) is 0 Å². The molecule has 0 aliphatic carbocycles. The number of aromatic nitrogens is 6. The number of quaternary nitrogens is 1. The van der Waals surface area contributed by atoms with Crippen LogP contribution in [0.4, 0.5) is 11.4 Å². The Bertz CT molecular complexity index is 7210. The Kier molecular flexibility index (Phi) is 24.9. The van der Waals surface area contributed by atoms with E-state index in [1.165, 1.54) is 6.92 Å². The van der Waals surface area contributed by atoms with Crippen molar-refractivity contribution < 1.29 is 68.9 Å². The lowest BCUT2D eigenvalue weighted by molar-refractivity contribution is -0.671. The van der Waals surface area contributed by atoms with Gasteiger partial charge in [0.25, 0.3) is 0 Å². The predicted octanol–water partition coefficient (Wildman–Crippen LogP) is 11.1. The van der Waals surface area contributed by atoms with E-state index in [1.807, 2.05) is 260 Å². The van der Waals surface area contributed by atoms with Crippen molar-refractivity contribution >= 4 is 126 Å². The van der Waals surface area contributed by atoms with Crippen LogP contribution in [-0.4, -0.2) is 166 Å². The largest absolute Gasteiger partial charge is 0.495 e. The minimum atomic E-state index is -1.47. The second kappa shape index (κ2) is 38.1. The molecule has 0 saturated carbocycles. The predicted molar refractivity (Wildman–Crippen MR) is 526 cm³/mol. The van der Waals surface area contributed by atoms with Crippen LogP contribution < -0.4 is 39.6 Å². The molecule has 670 valence electrons. The molecule has 2 amide bonds. The summed E-state index contributed by atoms with van der Waals surface area (Å²) in [6.07, 6.45) is 55.6. The fourth-order valence-corrected chi connectivity index (χ4v) is 16.8. The second-order valence-electron chi connectivity index (χ2n) is 33.9. The topological polar surface area (TPSA) is 383 Å². The number of pyridine rings is 4. The summed E-state index contributed by atoms with van der Waals surface area (Å²) in [4.78, 5) is 99.7. The molecule has 0 saturated heterocycles. The van der Waals surface area contributed by atoms with Crippen molar-refractivity contribution in [1.29, 1.82) is 0 Å². The summed E-state index contributed by atoms with van der Waals surface area (Å²) in [6.45, 7) is 2.24. The maximum atomic E-state index is 14.1. The number of anilines is 2. The molecule has 16 bridgehead atoms. The molecule has 6 aromatic heterocycles. The third-order valence-corrected chi connectivity index (χ3v) is 23.9. The van der Waals surface area contributed by atoms with Gasteiger partial charge in [-0.2, -0.15) is 0 Å². The number of carbonyl (C=O) groups is 3. The Balaban J connectivity index is 0.586. The van der Waals surface area contributed by atoms with Gasteiger partial charge in [-0.15, -0.1) is 0 Å². The number of amides is 2. The number of carboxylic acid groups (broad SMARTS) is 1. The van der Waals surface area contributed by atoms with Gasteiger partial charge in [0.1, 0.15) is 40.3 Å². The number of carbonyl (C=O) groups excluding carboxylic acids is 2. The lowest BCUT2D eigenvalue weighted by atomic mass is 9.97. The SMILES string of the molecule is C[C@H]([NH3+])C(O)=N[C@@H](CCC(=O)Nc1ccc(C2=C3C=CC(=N3)C(=C3C=CN(C)C=C3)c3ccc([nH]3)C(c3cc[n+](C)cc3)=C3C=CC(=N3)C(c3cc[n+](C)cc3)=C3C=CC2=N3)cc1)C(O)=[NH+]CC(O)=N[C@@H](CCC(=O)Nc1ccc(C2=C3C=CC(=N3)C(c3cc[n+](C)cc3)=C3C=CC(=N3)C(=C3C=CN(C)C=C3)C3=NC(=C(c4cc[n+](C)cc4)c4ccc2[nH]4)C=C3)cc1)C(O)=N[C@@H](C)C(=O)O. The Hall–Kier alpha value is -17.2.